The van der Waals surface area contributed by atoms with Gasteiger partial charge in [-0.25, -0.2) is 4.39 Å². The van der Waals surface area contributed by atoms with E-state index < -0.39 is 24.4 Å². The number of hydrogen-bond acceptors (Lipinski definition) is 4. The van der Waals surface area contributed by atoms with Crippen LogP contribution in [-0.4, -0.2) is 51.1 Å². The molecule has 0 saturated heterocycles. The van der Waals surface area contributed by atoms with Gasteiger partial charge in [0.05, 0.1) is 11.3 Å². The Morgan fingerprint density at radius 2 is 1.72 bits per heavy atom. The third-order valence-corrected chi connectivity index (χ3v) is 4.84. The molecule has 3 rings (SSSR count). The number of benzene rings is 2. The Morgan fingerprint density at radius 1 is 1.07 bits per heavy atom. The number of nitrogens with zero attached hydrogens (tertiary/aromatic N) is 4. The molecule has 0 saturated carbocycles. The molecule has 0 aliphatic heterocycles. The number of carbonyl (C=O) groups is 1. The molecule has 0 bridgehead atoms. The monoisotopic (exact) mass is 424 g/mol. The van der Waals surface area contributed by atoms with Gasteiger partial charge in [-0.15, -0.1) is 10.2 Å². The predicted molar refractivity (Wildman–Crippen MR) is 101 cm³/mol. The normalized spacial score (nSPS) is 11.5. The molecule has 152 valence electrons. The Morgan fingerprint density at radius 3 is 2.38 bits per heavy atom. The van der Waals surface area contributed by atoms with E-state index >= 15 is 0 Å². The summed E-state index contributed by atoms with van der Waals surface area (Å²) in [6, 6.07) is 14.9. The molecule has 0 fully saturated rings. The molecule has 0 unspecified atom stereocenters. The third-order valence-electron chi connectivity index (χ3n) is 3.93. The van der Waals surface area contributed by atoms with Crippen LogP contribution in [0.1, 0.15) is 0 Å². The Labute approximate surface area is 168 Å². The van der Waals surface area contributed by atoms with Crippen molar-refractivity contribution in [2.24, 2.45) is 0 Å². The molecule has 0 atom stereocenters. The zero-order valence-corrected chi connectivity index (χ0v) is 16.0. The van der Waals surface area contributed by atoms with Crippen LogP contribution in [0.5, 0.6) is 0 Å². The van der Waals surface area contributed by atoms with Crippen LogP contribution >= 0.6 is 11.8 Å². The summed E-state index contributed by atoms with van der Waals surface area (Å²) in [5.74, 6) is -1.24. The molecule has 5 nitrogen and oxygen atoms in total. The molecule has 1 aromatic heterocycles. The minimum absolute atomic E-state index is 0.219. The molecule has 3 aromatic rings. The van der Waals surface area contributed by atoms with Gasteiger partial charge in [-0.3, -0.25) is 9.36 Å². The van der Waals surface area contributed by atoms with Crippen LogP contribution in [0, 0.1) is 5.82 Å². The van der Waals surface area contributed by atoms with Gasteiger partial charge in [0.15, 0.2) is 11.0 Å². The number of para-hydroxylation sites is 1. The molecule has 0 radical (unpaired) electrons. The van der Waals surface area contributed by atoms with Crippen molar-refractivity contribution in [1.29, 1.82) is 0 Å². The molecule has 0 aliphatic carbocycles. The number of hydrogen-bond donors (Lipinski definition) is 0. The van der Waals surface area contributed by atoms with Crippen LogP contribution < -0.4 is 0 Å². The highest BCUT2D eigenvalue weighted by atomic mass is 32.2. The van der Waals surface area contributed by atoms with Gasteiger partial charge in [0, 0.05) is 12.7 Å². The first-order valence-corrected chi connectivity index (χ1v) is 9.44. The smallest absolute Gasteiger partial charge is 0.336 e. The second-order valence-electron chi connectivity index (χ2n) is 6.11. The van der Waals surface area contributed by atoms with Gasteiger partial charge in [-0.05, 0) is 24.3 Å². The molecular weight excluding hydrogens is 408 g/mol. The average molecular weight is 424 g/mol. The fourth-order valence-electron chi connectivity index (χ4n) is 2.58. The van der Waals surface area contributed by atoms with E-state index in [2.05, 4.69) is 10.2 Å². The second-order valence-corrected chi connectivity index (χ2v) is 7.05. The van der Waals surface area contributed by atoms with Crippen LogP contribution in [-0.2, 0) is 4.79 Å². The molecule has 0 aliphatic rings. The zero-order chi connectivity index (χ0) is 21.0. The Bertz CT molecular complexity index is 991. The standard InChI is InChI=1S/C19H16F4N4OS/c1-26(12-19(21,22)23)16(28)11-29-18-25-24-17(14-9-5-6-10-15(14)20)27(18)13-7-3-2-4-8-13/h2-10H,11-12H2,1H3. The minimum Gasteiger partial charge on any atom is -0.336 e. The Balaban J connectivity index is 1.90. The van der Waals surface area contributed by atoms with Crippen LogP contribution in [0.2, 0.25) is 0 Å². The summed E-state index contributed by atoms with van der Waals surface area (Å²) in [5.41, 5.74) is 0.852. The number of aromatic nitrogens is 3. The van der Waals surface area contributed by atoms with Gasteiger partial charge in [0.25, 0.3) is 0 Å². The number of thioether (sulfide) groups is 1. The van der Waals surface area contributed by atoms with Crippen molar-refractivity contribution in [3.8, 4) is 17.1 Å². The molecule has 0 N–H and O–H groups in total. The number of halogens is 4. The van der Waals surface area contributed by atoms with E-state index in [1.54, 1.807) is 53.1 Å². The van der Waals surface area contributed by atoms with Crippen molar-refractivity contribution < 1.29 is 22.4 Å². The predicted octanol–water partition coefficient (Wildman–Crippen LogP) is 4.19. The highest BCUT2D eigenvalue weighted by Gasteiger charge is 2.31. The van der Waals surface area contributed by atoms with Crippen LogP contribution in [0.3, 0.4) is 0 Å². The van der Waals surface area contributed by atoms with E-state index in [-0.39, 0.29) is 22.3 Å². The van der Waals surface area contributed by atoms with Gasteiger partial charge >= 0.3 is 6.18 Å². The SMILES string of the molecule is CN(CC(F)(F)F)C(=O)CSc1nnc(-c2ccccc2F)n1-c1ccccc1. The first-order chi connectivity index (χ1) is 13.8. The van der Waals surface area contributed by atoms with Gasteiger partial charge in [-0.1, -0.05) is 42.1 Å². The quantitative estimate of drug-likeness (QED) is 0.440. The molecule has 10 heteroatoms. The second kappa shape index (κ2) is 8.64. The first-order valence-electron chi connectivity index (χ1n) is 8.45. The van der Waals surface area contributed by atoms with Crippen LogP contribution in [0.25, 0.3) is 17.1 Å². The van der Waals surface area contributed by atoms with E-state index in [0.29, 0.717) is 10.6 Å². The van der Waals surface area contributed by atoms with E-state index in [0.717, 1.165) is 18.8 Å². The molecular formula is C19H16F4N4OS. The van der Waals surface area contributed by atoms with E-state index in [4.69, 9.17) is 0 Å². The maximum Gasteiger partial charge on any atom is 0.406 e. The van der Waals surface area contributed by atoms with Gasteiger partial charge in [0.2, 0.25) is 5.91 Å². The number of carbonyl (C=O) groups excluding carboxylic acids is 1. The maximum atomic E-state index is 14.3. The summed E-state index contributed by atoms with van der Waals surface area (Å²) < 4.78 is 53.3. The van der Waals surface area contributed by atoms with Gasteiger partial charge in [-0.2, -0.15) is 13.2 Å². The minimum atomic E-state index is -4.48. The molecule has 1 heterocycles. The Kier molecular flexibility index (Phi) is 6.21. The number of amides is 1. The van der Waals surface area contributed by atoms with Crippen LogP contribution in [0.15, 0.2) is 59.8 Å². The summed E-state index contributed by atoms with van der Waals surface area (Å²) in [7, 11) is 1.09. The first kappa shape index (κ1) is 20.8. The fourth-order valence-corrected chi connectivity index (χ4v) is 3.48. The fraction of sp³-hybridized carbons (Fsp3) is 0.211. The lowest BCUT2D eigenvalue weighted by atomic mass is 10.2. The summed E-state index contributed by atoms with van der Waals surface area (Å²) >= 11 is 0.934. The summed E-state index contributed by atoms with van der Waals surface area (Å²) in [4.78, 5) is 12.7. The van der Waals surface area contributed by atoms with Crippen molar-refractivity contribution in [2.45, 2.75) is 11.3 Å². The third kappa shape index (κ3) is 5.14. The molecule has 1 amide bonds. The largest absolute Gasteiger partial charge is 0.406 e. The van der Waals surface area contributed by atoms with E-state index in [1.165, 1.54) is 6.07 Å². The van der Waals surface area contributed by atoms with Gasteiger partial charge in [0.1, 0.15) is 12.4 Å². The van der Waals surface area contributed by atoms with E-state index in [9.17, 15) is 22.4 Å². The average Bonchev–Trinajstić information content (AvgIpc) is 3.09. The van der Waals surface area contributed by atoms with Crippen LogP contribution in [0.4, 0.5) is 17.6 Å². The summed E-state index contributed by atoms with van der Waals surface area (Å²) in [6.45, 7) is -1.34. The van der Waals surface area contributed by atoms with Gasteiger partial charge < -0.3 is 4.90 Å². The van der Waals surface area contributed by atoms with Crippen molar-refractivity contribution in [1.82, 2.24) is 19.7 Å². The van der Waals surface area contributed by atoms with E-state index in [1.807, 2.05) is 0 Å². The zero-order valence-electron chi connectivity index (χ0n) is 15.2. The Hall–Kier alpha value is -2.88. The number of alkyl halides is 3. The maximum absolute atomic E-state index is 14.3. The van der Waals surface area contributed by atoms with Crippen molar-refractivity contribution in [2.75, 3.05) is 19.3 Å². The molecule has 29 heavy (non-hydrogen) atoms. The topological polar surface area (TPSA) is 51.0 Å². The molecule has 2 aromatic carbocycles. The van der Waals surface area contributed by atoms with Crippen molar-refractivity contribution in [3.05, 3.63) is 60.4 Å². The number of rotatable bonds is 6. The van der Waals surface area contributed by atoms with Crippen molar-refractivity contribution >= 4 is 17.7 Å². The highest BCUT2D eigenvalue weighted by Crippen LogP contribution is 2.29. The van der Waals surface area contributed by atoms with Crippen molar-refractivity contribution in [3.63, 3.8) is 0 Å². The lowest BCUT2D eigenvalue weighted by Crippen LogP contribution is -2.36. The molecule has 0 spiro atoms. The summed E-state index contributed by atoms with van der Waals surface area (Å²) in [6.07, 6.45) is -4.48. The highest BCUT2D eigenvalue weighted by molar-refractivity contribution is 7.99. The summed E-state index contributed by atoms with van der Waals surface area (Å²) in [5, 5.41) is 8.35. The lowest BCUT2D eigenvalue weighted by Gasteiger charge is -2.18. The lowest BCUT2D eigenvalue weighted by molar-refractivity contribution is -0.156.